The molecule has 0 unspecified atom stereocenters. The third kappa shape index (κ3) is 3.12. The quantitative estimate of drug-likeness (QED) is 0.745. The van der Waals surface area contributed by atoms with E-state index in [9.17, 15) is 0 Å². The monoisotopic (exact) mass is 316 g/mol. The second-order valence-electron chi connectivity index (χ2n) is 4.26. The molecule has 0 aliphatic heterocycles. The van der Waals surface area contributed by atoms with Crippen molar-refractivity contribution in [2.24, 2.45) is 0 Å². The average molecular weight is 317 g/mol. The van der Waals surface area contributed by atoms with Gasteiger partial charge in [0.1, 0.15) is 12.7 Å². The van der Waals surface area contributed by atoms with Crippen LogP contribution in [0.3, 0.4) is 0 Å². The molecule has 3 rings (SSSR count). The minimum absolute atomic E-state index is 0.359. The predicted octanol–water partition coefficient (Wildman–Crippen LogP) is 2.28. The highest BCUT2D eigenvalue weighted by molar-refractivity contribution is 6.33. The van der Waals surface area contributed by atoms with Gasteiger partial charge in [-0.1, -0.05) is 23.7 Å². The van der Waals surface area contributed by atoms with Crippen LogP contribution in [-0.4, -0.2) is 36.3 Å². The van der Waals surface area contributed by atoms with Crippen LogP contribution in [0.25, 0.3) is 5.95 Å². The summed E-state index contributed by atoms with van der Waals surface area (Å²) in [5.41, 5.74) is 0.711. The van der Waals surface area contributed by atoms with Crippen molar-refractivity contribution < 1.29 is 0 Å². The van der Waals surface area contributed by atoms with Gasteiger partial charge in [-0.25, -0.2) is 4.98 Å². The Hall–Kier alpha value is -2.74. The second-order valence-corrected chi connectivity index (χ2v) is 4.67. The normalized spacial score (nSPS) is 10.5. The lowest BCUT2D eigenvalue weighted by Crippen LogP contribution is -2.11. The molecule has 2 N–H and O–H groups in total. The van der Waals surface area contributed by atoms with Crippen molar-refractivity contribution >= 4 is 29.2 Å². The lowest BCUT2D eigenvalue weighted by Gasteiger charge is -2.10. The van der Waals surface area contributed by atoms with Crippen LogP contribution in [0.4, 0.5) is 17.6 Å². The summed E-state index contributed by atoms with van der Waals surface area (Å²) >= 11 is 6.14. The van der Waals surface area contributed by atoms with E-state index in [2.05, 4.69) is 35.7 Å². The number of para-hydroxylation sites is 1. The van der Waals surface area contributed by atoms with E-state index >= 15 is 0 Å². The van der Waals surface area contributed by atoms with Gasteiger partial charge in [-0.2, -0.15) is 24.7 Å². The van der Waals surface area contributed by atoms with Gasteiger partial charge in [-0.05, 0) is 19.1 Å². The van der Waals surface area contributed by atoms with E-state index in [1.165, 1.54) is 17.3 Å². The maximum atomic E-state index is 6.14. The van der Waals surface area contributed by atoms with Gasteiger partial charge >= 0.3 is 0 Å². The first-order valence-corrected chi connectivity index (χ1v) is 7.00. The number of rotatable bonds is 5. The Morgan fingerprint density at radius 2 is 1.95 bits per heavy atom. The summed E-state index contributed by atoms with van der Waals surface area (Å²) in [5.74, 6) is 1.17. The molecule has 0 saturated carbocycles. The van der Waals surface area contributed by atoms with Crippen molar-refractivity contribution in [2.75, 3.05) is 17.2 Å². The lowest BCUT2D eigenvalue weighted by molar-refractivity contribution is 0.797. The Labute approximate surface area is 131 Å². The van der Waals surface area contributed by atoms with Crippen LogP contribution >= 0.6 is 11.6 Å². The zero-order chi connectivity index (χ0) is 15.4. The van der Waals surface area contributed by atoms with Crippen molar-refractivity contribution in [3.63, 3.8) is 0 Å². The van der Waals surface area contributed by atoms with Gasteiger partial charge in [-0.15, -0.1) is 0 Å². The molecular weight excluding hydrogens is 304 g/mol. The summed E-state index contributed by atoms with van der Waals surface area (Å²) in [6.07, 6.45) is 2.93. The fraction of sp³-hybridized carbons (Fsp3) is 0.154. The van der Waals surface area contributed by atoms with Crippen molar-refractivity contribution in [3.05, 3.63) is 41.9 Å². The predicted molar refractivity (Wildman–Crippen MR) is 83.6 cm³/mol. The molecule has 3 aromatic rings. The molecule has 2 aromatic heterocycles. The van der Waals surface area contributed by atoms with Gasteiger partial charge in [0.05, 0.1) is 10.7 Å². The van der Waals surface area contributed by atoms with Crippen LogP contribution in [0.1, 0.15) is 6.92 Å². The number of halogens is 1. The van der Waals surface area contributed by atoms with Crippen LogP contribution in [0.5, 0.6) is 0 Å². The van der Waals surface area contributed by atoms with Gasteiger partial charge in [0.15, 0.2) is 0 Å². The fourth-order valence-corrected chi connectivity index (χ4v) is 1.94. The number of benzene rings is 1. The van der Waals surface area contributed by atoms with Gasteiger partial charge < -0.3 is 10.6 Å². The number of hydrogen-bond acceptors (Lipinski definition) is 7. The molecule has 0 aliphatic carbocycles. The molecule has 0 aliphatic rings. The molecule has 2 heterocycles. The Bertz CT molecular complexity index is 758. The fourth-order valence-electron chi connectivity index (χ4n) is 1.75. The first kappa shape index (κ1) is 14.2. The van der Waals surface area contributed by atoms with Crippen molar-refractivity contribution in [2.45, 2.75) is 6.92 Å². The summed E-state index contributed by atoms with van der Waals surface area (Å²) in [6, 6.07) is 7.35. The largest absolute Gasteiger partial charge is 0.354 e. The Morgan fingerprint density at radius 1 is 1.14 bits per heavy atom. The van der Waals surface area contributed by atoms with Crippen LogP contribution in [-0.2, 0) is 0 Å². The van der Waals surface area contributed by atoms with E-state index < -0.39 is 0 Å². The number of nitrogens with one attached hydrogen (secondary N) is 2. The van der Waals surface area contributed by atoms with E-state index in [0.717, 1.165) is 0 Å². The van der Waals surface area contributed by atoms with Crippen LogP contribution in [0.2, 0.25) is 5.02 Å². The molecular formula is C13H13ClN8. The molecule has 0 bridgehead atoms. The zero-order valence-corrected chi connectivity index (χ0v) is 12.5. The first-order valence-electron chi connectivity index (χ1n) is 6.63. The molecule has 0 saturated heterocycles. The minimum Gasteiger partial charge on any atom is -0.354 e. The first-order chi connectivity index (χ1) is 10.8. The highest BCUT2D eigenvalue weighted by atomic mass is 35.5. The summed E-state index contributed by atoms with van der Waals surface area (Å²) in [6.45, 7) is 2.65. The highest BCUT2D eigenvalue weighted by Crippen LogP contribution is 2.23. The van der Waals surface area contributed by atoms with Gasteiger partial charge in [-0.3, -0.25) is 0 Å². The molecule has 8 nitrogen and oxygen atoms in total. The standard InChI is InChI=1S/C13H13ClN8/c1-2-16-11-19-12(18-10-6-4-3-5-9(10)14)21-13(20-11)22-8-15-7-17-22/h3-8H,2H2,1H3,(H2,16,18,19,20,21). The molecule has 0 radical (unpaired) electrons. The average Bonchev–Trinajstić information content (AvgIpc) is 3.04. The summed E-state index contributed by atoms with van der Waals surface area (Å²) in [4.78, 5) is 16.8. The zero-order valence-electron chi connectivity index (χ0n) is 11.7. The molecule has 0 fully saturated rings. The van der Waals surface area contributed by atoms with E-state index in [-0.39, 0.29) is 0 Å². The van der Waals surface area contributed by atoms with Gasteiger partial charge in [0, 0.05) is 6.54 Å². The van der Waals surface area contributed by atoms with E-state index in [1.54, 1.807) is 6.07 Å². The van der Waals surface area contributed by atoms with Crippen LogP contribution in [0.15, 0.2) is 36.9 Å². The lowest BCUT2D eigenvalue weighted by atomic mass is 10.3. The third-order valence-electron chi connectivity index (χ3n) is 2.70. The summed E-state index contributed by atoms with van der Waals surface area (Å²) < 4.78 is 1.46. The van der Waals surface area contributed by atoms with Gasteiger partial charge in [0.2, 0.25) is 11.9 Å². The molecule has 22 heavy (non-hydrogen) atoms. The van der Waals surface area contributed by atoms with E-state index in [1.807, 2.05) is 25.1 Å². The number of hydrogen-bond donors (Lipinski definition) is 2. The third-order valence-corrected chi connectivity index (χ3v) is 3.03. The second kappa shape index (κ2) is 6.35. The smallest absolute Gasteiger partial charge is 0.258 e. The number of aromatic nitrogens is 6. The van der Waals surface area contributed by atoms with E-state index in [4.69, 9.17) is 11.6 Å². The Balaban J connectivity index is 1.98. The molecule has 0 spiro atoms. The molecule has 1 aromatic carbocycles. The SMILES string of the molecule is CCNc1nc(Nc2ccccc2Cl)nc(-n2cncn2)n1. The van der Waals surface area contributed by atoms with Crippen LogP contribution < -0.4 is 10.6 Å². The van der Waals surface area contributed by atoms with Crippen molar-refractivity contribution in [3.8, 4) is 5.95 Å². The molecule has 0 atom stereocenters. The van der Waals surface area contributed by atoms with Crippen molar-refractivity contribution in [1.82, 2.24) is 29.7 Å². The Kier molecular flexibility index (Phi) is 4.10. The summed E-state index contributed by atoms with van der Waals surface area (Å²) in [5, 5.41) is 10.7. The van der Waals surface area contributed by atoms with Crippen LogP contribution in [0, 0.1) is 0 Å². The maximum Gasteiger partial charge on any atom is 0.258 e. The van der Waals surface area contributed by atoms with E-state index in [0.29, 0.717) is 35.1 Å². The highest BCUT2D eigenvalue weighted by Gasteiger charge is 2.09. The minimum atomic E-state index is 0.359. The number of anilines is 3. The van der Waals surface area contributed by atoms with Crippen molar-refractivity contribution in [1.29, 1.82) is 0 Å². The molecule has 112 valence electrons. The van der Waals surface area contributed by atoms with Gasteiger partial charge in [0.25, 0.3) is 5.95 Å². The molecule has 0 amide bonds. The summed E-state index contributed by atoms with van der Waals surface area (Å²) in [7, 11) is 0. The topological polar surface area (TPSA) is 93.4 Å². The maximum absolute atomic E-state index is 6.14. The Morgan fingerprint density at radius 3 is 2.68 bits per heavy atom. The molecule has 9 heteroatoms. The number of nitrogens with zero attached hydrogens (tertiary/aromatic N) is 6.